The zero-order valence-electron chi connectivity index (χ0n) is 40.0. The number of rotatable bonds is 23. The molecule has 2 saturated carbocycles. The van der Waals surface area contributed by atoms with Crippen molar-refractivity contribution in [3.63, 3.8) is 0 Å². The fraction of sp³-hybridized carbons (Fsp3) is 0.286. The molecule has 2 aliphatic carbocycles. The summed E-state index contributed by atoms with van der Waals surface area (Å²) in [5.41, 5.74) is 4.69. The van der Waals surface area contributed by atoms with E-state index in [2.05, 4.69) is 28.7 Å². The number of benzene rings is 5. The second-order valence-electron chi connectivity index (χ2n) is 17.3. The molecule has 1 aromatic heterocycles. The van der Waals surface area contributed by atoms with Crippen molar-refractivity contribution in [2.45, 2.75) is 51.4 Å². The first-order valence-corrected chi connectivity index (χ1v) is 24.8. The van der Waals surface area contributed by atoms with E-state index in [4.69, 9.17) is 42.6 Å². The summed E-state index contributed by atoms with van der Waals surface area (Å²) in [6, 6.07) is 33.9. The number of hydrogen-bond donors (Lipinski definition) is 1. The number of ether oxygens (including phenoxy) is 9. The van der Waals surface area contributed by atoms with Crippen LogP contribution in [0.3, 0.4) is 0 Å². The summed E-state index contributed by atoms with van der Waals surface area (Å²) in [7, 11) is 0. The standard InChI is InChI=1S/C56H55N3O13S/c1-3-52(60)68-35-66-42-17-21-44(22-18-42)70-45-25-27-47(28-26-45)72-55(63)39-13-9-37(10-14-39)33-64-48-29-30-50(41(31-48)32-57-59-56-58-49-7-5-6-8-51(49)73-56)65-34-38-11-15-40(16-12-38)54(62)71-46-23-19-43(20-24-46)67-36-69-53(61)4-2/h3-8,17-32,37-40H,1-2,9-16,33-36H2,(H,58,59)/b57-32+. The lowest BCUT2D eigenvalue weighted by atomic mass is 9.82. The van der Waals surface area contributed by atoms with Crippen molar-refractivity contribution >= 4 is 56.8 Å². The van der Waals surface area contributed by atoms with E-state index >= 15 is 0 Å². The summed E-state index contributed by atoms with van der Waals surface area (Å²) >= 11 is 1.51. The zero-order chi connectivity index (χ0) is 50.8. The Morgan fingerprint density at radius 2 is 1.05 bits per heavy atom. The molecule has 0 atom stereocenters. The average molecular weight is 1010 g/mol. The second-order valence-corrected chi connectivity index (χ2v) is 18.4. The lowest BCUT2D eigenvalue weighted by Gasteiger charge is -2.27. The van der Waals surface area contributed by atoms with Crippen LogP contribution in [0.15, 0.2) is 146 Å². The number of esters is 4. The summed E-state index contributed by atoms with van der Waals surface area (Å²) in [6.45, 7) is 7.16. The Balaban J connectivity index is 0.788. The molecule has 0 radical (unpaired) electrons. The van der Waals surface area contributed by atoms with Gasteiger partial charge in [-0.05, 0) is 166 Å². The number of aromatic nitrogens is 1. The maximum absolute atomic E-state index is 13.2. The Labute approximate surface area is 426 Å². The maximum Gasteiger partial charge on any atom is 0.333 e. The molecule has 0 saturated heterocycles. The summed E-state index contributed by atoms with van der Waals surface area (Å²) in [5.74, 6) is 2.66. The van der Waals surface area contributed by atoms with Gasteiger partial charge in [-0.1, -0.05) is 36.6 Å². The molecule has 8 rings (SSSR count). The molecule has 1 heterocycles. The zero-order valence-corrected chi connectivity index (χ0v) is 40.8. The lowest BCUT2D eigenvalue weighted by Crippen LogP contribution is -2.28. The normalized spacial score (nSPS) is 17.4. The Hall–Kier alpha value is -8.18. The van der Waals surface area contributed by atoms with Gasteiger partial charge in [-0.2, -0.15) is 5.10 Å². The summed E-state index contributed by atoms with van der Waals surface area (Å²) in [5, 5.41) is 5.19. The van der Waals surface area contributed by atoms with Gasteiger partial charge < -0.3 is 42.6 Å². The average Bonchev–Trinajstić information content (AvgIpc) is 3.84. The van der Waals surface area contributed by atoms with Crippen LogP contribution in [0.4, 0.5) is 5.13 Å². The molecule has 0 aliphatic heterocycles. The van der Waals surface area contributed by atoms with Gasteiger partial charge in [0.05, 0.1) is 41.5 Å². The van der Waals surface area contributed by atoms with Gasteiger partial charge in [0.25, 0.3) is 0 Å². The van der Waals surface area contributed by atoms with Crippen molar-refractivity contribution in [2.75, 3.05) is 32.2 Å². The quantitative estimate of drug-likeness (QED) is 0.0159. The highest BCUT2D eigenvalue weighted by molar-refractivity contribution is 7.22. The number of nitrogens with one attached hydrogen (secondary N) is 1. The van der Waals surface area contributed by atoms with E-state index in [1.807, 2.05) is 42.5 Å². The van der Waals surface area contributed by atoms with Crippen LogP contribution in [0.5, 0.6) is 46.0 Å². The number of hydrogen-bond acceptors (Lipinski definition) is 17. The van der Waals surface area contributed by atoms with E-state index in [9.17, 15) is 19.2 Å². The molecule has 17 heteroatoms. The molecule has 0 unspecified atom stereocenters. The number of carbonyl (C=O) groups excluding carboxylic acids is 4. The molecular formula is C56H55N3O13S. The highest BCUT2D eigenvalue weighted by atomic mass is 32.1. The van der Waals surface area contributed by atoms with Crippen LogP contribution in [0.1, 0.15) is 56.9 Å². The third-order valence-electron chi connectivity index (χ3n) is 12.3. The number of thiazole rings is 1. The summed E-state index contributed by atoms with van der Waals surface area (Å²) in [4.78, 5) is 53.3. The maximum atomic E-state index is 13.2. The van der Waals surface area contributed by atoms with Crippen LogP contribution in [-0.4, -0.2) is 61.9 Å². The van der Waals surface area contributed by atoms with Crippen LogP contribution in [0, 0.1) is 23.7 Å². The third kappa shape index (κ3) is 15.4. The van der Waals surface area contributed by atoms with Crippen LogP contribution in [0.2, 0.25) is 0 Å². The predicted octanol–water partition coefficient (Wildman–Crippen LogP) is 11.2. The SMILES string of the molecule is C=CC(=O)OCOc1ccc(OC(=O)C2CCC(COc3ccc(OCC4CCC(C(=O)Oc5ccc(Oc6ccc(OCOC(=O)C=C)cc6)cc5)CC4)cc3/C=N/Nc3nc4ccccc4s3)CC2)cc1. The second kappa shape index (κ2) is 25.8. The molecule has 378 valence electrons. The van der Waals surface area contributed by atoms with E-state index in [1.165, 1.54) is 11.3 Å². The van der Waals surface area contributed by atoms with Crippen molar-refractivity contribution in [1.29, 1.82) is 0 Å². The van der Waals surface area contributed by atoms with Crippen molar-refractivity contribution in [3.8, 4) is 46.0 Å². The number of hydrazone groups is 1. The molecule has 0 bridgehead atoms. The highest BCUT2D eigenvalue weighted by Crippen LogP contribution is 2.35. The van der Waals surface area contributed by atoms with Gasteiger partial charge in [0.1, 0.15) is 46.0 Å². The smallest absolute Gasteiger partial charge is 0.333 e. The fourth-order valence-corrected chi connectivity index (χ4v) is 9.04. The molecular weight excluding hydrogens is 955 g/mol. The molecule has 5 aromatic carbocycles. The summed E-state index contributed by atoms with van der Waals surface area (Å²) < 4.78 is 51.6. The minimum atomic E-state index is -0.584. The van der Waals surface area contributed by atoms with Gasteiger partial charge in [-0.3, -0.25) is 15.0 Å². The van der Waals surface area contributed by atoms with Gasteiger partial charge in [0, 0.05) is 17.7 Å². The van der Waals surface area contributed by atoms with Crippen molar-refractivity contribution < 1.29 is 61.8 Å². The lowest BCUT2D eigenvalue weighted by molar-refractivity contribution is -0.145. The Bertz CT molecular complexity index is 2820. The first-order chi connectivity index (χ1) is 35.7. The molecule has 2 fully saturated rings. The van der Waals surface area contributed by atoms with Crippen LogP contribution < -0.4 is 38.6 Å². The minimum absolute atomic E-state index is 0.214. The molecule has 0 amide bonds. The number of anilines is 1. The molecule has 1 N–H and O–H groups in total. The van der Waals surface area contributed by atoms with E-state index in [0.717, 1.165) is 53.6 Å². The number of fused-ring (bicyclic) bond motifs is 1. The van der Waals surface area contributed by atoms with Crippen molar-refractivity contribution in [3.05, 3.63) is 146 Å². The number of para-hydroxylation sites is 1. The van der Waals surface area contributed by atoms with Crippen molar-refractivity contribution in [2.24, 2.45) is 28.8 Å². The molecule has 16 nitrogen and oxygen atoms in total. The van der Waals surface area contributed by atoms with Gasteiger partial charge in [0.2, 0.25) is 18.7 Å². The van der Waals surface area contributed by atoms with E-state index in [-0.39, 0.29) is 49.2 Å². The molecule has 6 aromatic rings. The Kier molecular flexibility index (Phi) is 18.1. The topological polar surface area (TPSA) is 189 Å². The first-order valence-electron chi connectivity index (χ1n) is 24.0. The third-order valence-corrected chi connectivity index (χ3v) is 13.2. The van der Waals surface area contributed by atoms with E-state index in [1.54, 1.807) is 79.0 Å². The van der Waals surface area contributed by atoms with Gasteiger partial charge in [0.15, 0.2) is 0 Å². The monoisotopic (exact) mass is 1010 g/mol. The van der Waals surface area contributed by atoms with E-state index in [0.29, 0.717) is 90.0 Å². The summed E-state index contributed by atoms with van der Waals surface area (Å²) in [6.07, 6.45) is 9.81. The van der Waals surface area contributed by atoms with E-state index < -0.39 is 11.9 Å². The fourth-order valence-electron chi connectivity index (χ4n) is 8.22. The van der Waals surface area contributed by atoms with Crippen LogP contribution in [0.25, 0.3) is 10.2 Å². The highest BCUT2D eigenvalue weighted by Gasteiger charge is 2.30. The largest absolute Gasteiger partial charge is 0.493 e. The van der Waals surface area contributed by atoms with Crippen molar-refractivity contribution in [1.82, 2.24) is 4.98 Å². The first kappa shape index (κ1) is 51.2. The van der Waals surface area contributed by atoms with Gasteiger partial charge >= 0.3 is 23.9 Å². The van der Waals surface area contributed by atoms with Crippen LogP contribution >= 0.6 is 11.3 Å². The number of carbonyl (C=O) groups is 4. The Morgan fingerprint density at radius 3 is 1.58 bits per heavy atom. The van der Waals surface area contributed by atoms with Gasteiger partial charge in [-0.15, -0.1) is 0 Å². The molecule has 0 spiro atoms. The van der Waals surface area contributed by atoms with Gasteiger partial charge in [-0.25, -0.2) is 14.6 Å². The molecule has 2 aliphatic rings. The number of nitrogens with zero attached hydrogens (tertiary/aromatic N) is 2. The Morgan fingerprint density at radius 1 is 0.575 bits per heavy atom. The molecule has 73 heavy (non-hydrogen) atoms. The minimum Gasteiger partial charge on any atom is -0.493 e. The predicted molar refractivity (Wildman–Crippen MR) is 273 cm³/mol. The van der Waals surface area contributed by atoms with Crippen LogP contribution in [-0.2, 0) is 28.7 Å².